The predicted octanol–water partition coefficient (Wildman–Crippen LogP) is 1.08. The zero-order valence-electron chi connectivity index (χ0n) is 8.32. The Bertz CT molecular complexity index is 310. The van der Waals surface area contributed by atoms with Crippen LogP contribution in [0.2, 0.25) is 0 Å². The molecule has 0 spiro atoms. The van der Waals surface area contributed by atoms with Gasteiger partial charge in [0.1, 0.15) is 0 Å². The molecule has 1 aromatic rings. The summed E-state index contributed by atoms with van der Waals surface area (Å²) in [5, 5.41) is 11.7. The van der Waals surface area contributed by atoms with Crippen molar-refractivity contribution in [1.29, 1.82) is 0 Å². The van der Waals surface area contributed by atoms with Gasteiger partial charge in [0.05, 0.1) is 17.9 Å². The Morgan fingerprint density at radius 1 is 1.36 bits per heavy atom. The largest absolute Gasteiger partial charge is 0.315 e. The lowest BCUT2D eigenvalue weighted by Crippen LogP contribution is -2.32. The number of hydrogen-bond acceptors (Lipinski definition) is 3. The number of hydrogen-bond donors (Lipinski definition) is 1. The van der Waals surface area contributed by atoms with E-state index in [0.717, 1.165) is 19.0 Å². The Labute approximate surface area is 83.7 Å². The van der Waals surface area contributed by atoms with Crippen LogP contribution >= 0.6 is 0 Å². The van der Waals surface area contributed by atoms with Gasteiger partial charge in [0.25, 0.3) is 0 Å². The van der Waals surface area contributed by atoms with E-state index in [0.29, 0.717) is 6.04 Å². The molecule has 4 heteroatoms. The Morgan fingerprint density at radius 3 is 3.00 bits per heavy atom. The van der Waals surface area contributed by atoms with Gasteiger partial charge in [-0.1, -0.05) is 5.21 Å². The summed E-state index contributed by atoms with van der Waals surface area (Å²) < 4.78 is 2.16. The van der Waals surface area contributed by atoms with Crippen LogP contribution in [0.5, 0.6) is 0 Å². The van der Waals surface area contributed by atoms with Crippen molar-refractivity contribution in [2.45, 2.75) is 37.6 Å². The summed E-state index contributed by atoms with van der Waals surface area (Å²) in [5.74, 6) is 0.756. The van der Waals surface area contributed by atoms with Gasteiger partial charge in [-0.15, -0.1) is 5.10 Å². The molecular formula is C10H16N4. The summed E-state index contributed by atoms with van der Waals surface area (Å²) in [6.07, 6.45) is 7.11. The Kier molecular flexibility index (Phi) is 2.01. The minimum absolute atomic E-state index is 0.543. The molecule has 1 N–H and O–H groups in total. The summed E-state index contributed by atoms with van der Waals surface area (Å²) in [7, 11) is 0. The van der Waals surface area contributed by atoms with Gasteiger partial charge in [0.15, 0.2) is 0 Å². The van der Waals surface area contributed by atoms with Crippen LogP contribution in [0.25, 0.3) is 0 Å². The second-order valence-corrected chi connectivity index (χ2v) is 4.38. The zero-order chi connectivity index (χ0) is 9.38. The number of nitrogens with zero attached hydrogens (tertiary/aromatic N) is 3. The van der Waals surface area contributed by atoms with Gasteiger partial charge in [-0.05, 0) is 32.2 Å². The normalized spacial score (nSPS) is 27.9. The standard InChI is InChI=1S/C10H16N4/c1-2-9(6-11-5-1)14-10(7-12-13-14)8-3-4-8/h7-9,11H,1-6H2. The van der Waals surface area contributed by atoms with Crippen LogP contribution in [0.1, 0.15) is 43.3 Å². The van der Waals surface area contributed by atoms with Crippen molar-refractivity contribution < 1.29 is 0 Å². The van der Waals surface area contributed by atoms with E-state index >= 15 is 0 Å². The van der Waals surface area contributed by atoms with E-state index in [9.17, 15) is 0 Å². The third-order valence-electron chi connectivity index (χ3n) is 3.21. The highest BCUT2D eigenvalue weighted by atomic mass is 15.4. The quantitative estimate of drug-likeness (QED) is 0.762. The zero-order valence-corrected chi connectivity index (χ0v) is 8.32. The van der Waals surface area contributed by atoms with Crippen LogP contribution < -0.4 is 5.32 Å². The number of piperidine rings is 1. The molecule has 0 bridgehead atoms. The van der Waals surface area contributed by atoms with Crippen LogP contribution in [0.15, 0.2) is 6.20 Å². The van der Waals surface area contributed by atoms with Gasteiger partial charge < -0.3 is 5.32 Å². The van der Waals surface area contributed by atoms with Crippen molar-refractivity contribution in [3.05, 3.63) is 11.9 Å². The second kappa shape index (κ2) is 3.35. The lowest BCUT2D eigenvalue weighted by Gasteiger charge is -2.24. The van der Waals surface area contributed by atoms with Crippen molar-refractivity contribution in [3.8, 4) is 0 Å². The Morgan fingerprint density at radius 2 is 2.29 bits per heavy atom. The fourth-order valence-corrected chi connectivity index (χ4v) is 2.25. The van der Waals surface area contributed by atoms with E-state index in [1.54, 1.807) is 0 Å². The topological polar surface area (TPSA) is 42.7 Å². The van der Waals surface area contributed by atoms with Gasteiger partial charge >= 0.3 is 0 Å². The van der Waals surface area contributed by atoms with Crippen molar-refractivity contribution in [2.75, 3.05) is 13.1 Å². The molecule has 0 aromatic carbocycles. The molecule has 1 aliphatic carbocycles. The lowest BCUT2D eigenvalue weighted by molar-refractivity contribution is 0.334. The molecule has 2 fully saturated rings. The summed E-state index contributed by atoms with van der Waals surface area (Å²) >= 11 is 0. The minimum atomic E-state index is 0.543. The van der Waals surface area contributed by atoms with Gasteiger partial charge in [-0.2, -0.15) is 0 Å². The molecule has 3 rings (SSSR count). The SMILES string of the molecule is c1nnn(C2CCCNC2)c1C1CC1. The fraction of sp³-hybridized carbons (Fsp3) is 0.800. The molecular weight excluding hydrogens is 176 g/mol. The monoisotopic (exact) mass is 192 g/mol. The first-order valence-corrected chi connectivity index (χ1v) is 5.56. The highest BCUT2D eigenvalue weighted by Crippen LogP contribution is 2.40. The van der Waals surface area contributed by atoms with Crippen molar-refractivity contribution in [1.82, 2.24) is 20.3 Å². The molecule has 1 atom stereocenters. The summed E-state index contributed by atoms with van der Waals surface area (Å²) in [4.78, 5) is 0. The lowest BCUT2D eigenvalue weighted by atomic mass is 10.1. The van der Waals surface area contributed by atoms with Crippen LogP contribution in [0, 0.1) is 0 Å². The molecule has 2 aliphatic rings. The van der Waals surface area contributed by atoms with E-state index in [1.807, 2.05) is 6.20 Å². The third-order valence-corrected chi connectivity index (χ3v) is 3.21. The highest BCUT2D eigenvalue weighted by molar-refractivity contribution is 5.11. The molecule has 1 unspecified atom stereocenters. The van der Waals surface area contributed by atoms with Crippen molar-refractivity contribution >= 4 is 0 Å². The number of nitrogens with one attached hydrogen (secondary N) is 1. The minimum Gasteiger partial charge on any atom is -0.315 e. The first-order chi connectivity index (χ1) is 6.95. The van der Waals surface area contributed by atoms with Gasteiger partial charge in [-0.3, -0.25) is 0 Å². The molecule has 2 heterocycles. The van der Waals surface area contributed by atoms with E-state index in [4.69, 9.17) is 0 Å². The van der Waals surface area contributed by atoms with Gasteiger partial charge in [0, 0.05) is 12.5 Å². The first kappa shape index (κ1) is 8.41. The van der Waals surface area contributed by atoms with Crippen LogP contribution in [-0.4, -0.2) is 28.1 Å². The molecule has 76 valence electrons. The highest BCUT2D eigenvalue weighted by Gasteiger charge is 2.30. The predicted molar refractivity (Wildman–Crippen MR) is 53.1 cm³/mol. The molecule has 1 saturated carbocycles. The molecule has 0 amide bonds. The number of rotatable bonds is 2. The molecule has 1 aromatic heterocycles. The van der Waals surface area contributed by atoms with Crippen LogP contribution in [-0.2, 0) is 0 Å². The smallest absolute Gasteiger partial charge is 0.0728 e. The third kappa shape index (κ3) is 1.43. The van der Waals surface area contributed by atoms with Gasteiger partial charge in [-0.25, -0.2) is 4.68 Å². The maximum Gasteiger partial charge on any atom is 0.0728 e. The van der Waals surface area contributed by atoms with E-state index < -0.39 is 0 Å². The Balaban J connectivity index is 1.82. The molecule has 1 saturated heterocycles. The van der Waals surface area contributed by atoms with Crippen molar-refractivity contribution in [2.24, 2.45) is 0 Å². The number of aromatic nitrogens is 3. The maximum absolute atomic E-state index is 4.23. The maximum atomic E-state index is 4.23. The molecule has 4 nitrogen and oxygen atoms in total. The van der Waals surface area contributed by atoms with Crippen LogP contribution in [0.3, 0.4) is 0 Å². The molecule has 1 aliphatic heterocycles. The second-order valence-electron chi connectivity index (χ2n) is 4.38. The summed E-state index contributed by atoms with van der Waals surface area (Å²) in [6.45, 7) is 2.22. The first-order valence-electron chi connectivity index (χ1n) is 5.56. The Hall–Kier alpha value is -0.900. The van der Waals surface area contributed by atoms with E-state index in [1.165, 1.54) is 31.4 Å². The van der Waals surface area contributed by atoms with E-state index in [2.05, 4.69) is 20.3 Å². The van der Waals surface area contributed by atoms with Crippen molar-refractivity contribution in [3.63, 3.8) is 0 Å². The van der Waals surface area contributed by atoms with Crippen LogP contribution in [0.4, 0.5) is 0 Å². The molecule has 0 radical (unpaired) electrons. The average molecular weight is 192 g/mol. The fourth-order valence-electron chi connectivity index (χ4n) is 2.25. The van der Waals surface area contributed by atoms with E-state index in [-0.39, 0.29) is 0 Å². The van der Waals surface area contributed by atoms with Gasteiger partial charge in [0.2, 0.25) is 0 Å². The molecule has 14 heavy (non-hydrogen) atoms. The summed E-state index contributed by atoms with van der Waals surface area (Å²) in [6, 6.07) is 0.543. The summed E-state index contributed by atoms with van der Waals surface area (Å²) in [5.41, 5.74) is 1.36. The average Bonchev–Trinajstić information content (AvgIpc) is 2.98.